The van der Waals surface area contributed by atoms with Crippen LogP contribution in [0.4, 0.5) is 0 Å². The molecular formula is C11H23NO3. The molecule has 15 heavy (non-hydrogen) atoms. The minimum atomic E-state index is -0.858. The molecule has 0 rings (SSSR count). The van der Waals surface area contributed by atoms with Crippen LogP contribution in [0.2, 0.25) is 0 Å². The fourth-order valence-electron chi connectivity index (χ4n) is 1.12. The average molecular weight is 217 g/mol. The van der Waals surface area contributed by atoms with Gasteiger partial charge < -0.3 is 15.5 Å². The first kappa shape index (κ1) is 14.4. The van der Waals surface area contributed by atoms with Gasteiger partial charge in [0, 0.05) is 13.0 Å². The van der Waals surface area contributed by atoms with Gasteiger partial charge in [0.2, 0.25) is 0 Å². The second kappa shape index (κ2) is 6.80. The van der Waals surface area contributed by atoms with Gasteiger partial charge in [-0.05, 0) is 24.8 Å². The number of hydrogen-bond donors (Lipinski definition) is 3. The lowest BCUT2D eigenvalue weighted by molar-refractivity contribution is -0.137. The SMILES string of the molecule is CC(C)(C)CCNCC(O)CCC(=O)O. The van der Waals surface area contributed by atoms with Crippen LogP contribution in [0.3, 0.4) is 0 Å². The minimum absolute atomic E-state index is 0.0299. The Morgan fingerprint density at radius 3 is 2.47 bits per heavy atom. The Balaban J connectivity index is 3.39. The van der Waals surface area contributed by atoms with Crippen LogP contribution in [0.5, 0.6) is 0 Å². The van der Waals surface area contributed by atoms with Crippen molar-refractivity contribution in [2.75, 3.05) is 13.1 Å². The summed E-state index contributed by atoms with van der Waals surface area (Å²) in [5.41, 5.74) is 0.291. The highest BCUT2D eigenvalue weighted by molar-refractivity contribution is 5.66. The predicted molar refractivity (Wildman–Crippen MR) is 59.8 cm³/mol. The maximum absolute atomic E-state index is 10.2. The number of aliphatic carboxylic acids is 1. The van der Waals surface area contributed by atoms with Gasteiger partial charge in [-0.3, -0.25) is 4.79 Å². The Morgan fingerprint density at radius 1 is 1.40 bits per heavy atom. The quantitative estimate of drug-likeness (QED) is 0.561. The van der Waals surface area contributed by atoms with Gasteiger partial charge in [0.25, 0.3) is 0 Å². The van der Waals surface area contributed by atoms with E-state index in [1.165, 1.54) is 0 Å². The molecule has 0 radical (unpaired) electrons. The molecule has 0 fully saturated rings. The van der Waals surface area contributed by atoms with Crippen molar-refractivity contribution in [2.24, 2.45) is 5.41 Å². The lowest BCUT2D eigenvalue weighted by Gasteiger charge is -2.19. The van der Waals surface area contributed by atoms with Gasteiger partial charge in [-0.1, -0.05) is 20.8 Å². The molecule has 1 atom stereocenters. The van der Waals surface area contributed by atoms with Crippen molar-refractivity contribution in [1.82, 2.24) is 5.32 Å². The van der Waals surface area contributed by atoms with E-state index >= 15 is 0 Å². The van der Waals surface area contributed by atoms with E-state index in [0.29, 0.717) is 18.4 Å². The Kier molecular flexibility index (Phi) is 6.52. The van der Waals surface area contributed by atoms with E-state index in [9.17, 15) is 9.90 Å². The minimum Gasteiger partial charge on any atom is -0.481 e. The summed E-state index contributed by atoms with van der Waals surface area (Å²) in [6.07, 6.45) is 0.833. The second-order valence-corrected chi connectivity index (χ2v) is 5.10. The summed E-state index contributed by atoms with van der Waals surface area (Å²) in [6.45, 7) is 7.82. The van der Waals surface area contributed by atoms with Crippen LogP contribution >= 0.6 is 0 Å². The topological polar surface area (TPSA) is 69.6 Å². The van der Waals surface area contributed by atoms with Gasteiger partial charge in [0.15, 0.2) is 0 Å². The van der Waals surface area contributed by atoms with E-state index in [2.05, 4.69) is 26.1 Å². The average Bonchev–Trinajstić information content (AvgIpc) is 2.07. The van der Waals surface area contributed by atoms with Gasteiger partial charge >= 0.3 is 5.97 Å². The number of carboxylic acids is 1. The molecule has 0 saturated carbocycles. The maximum Gasteiger partial charge on any atom is 0.303 e. The fourth-order valence-corrected chi connectivity index (χ4v) is 1.12. The van der Waals surface area contributed by atoms with Crippen LogP contribution in [-0.4, -0.2) is 35.4 Å². The smallest absolute Gasteiger partial charge is 0.303 e. The van der Waals surface area contributed by atoms with Crippen LogP contribution in [0, 0.1) is 5.41 Å². The van der Waals surface area contributed by atoms with E-state index < -0.39 is 12.1 Å². The molecule has 0 aromatic heterocycles. The molecule has 0 aromatic carbocycles. The zero-order chi connectivity index (χ0) is 11.9. The Morgan fingerprint density at radius 2 is 2.00 bits per heavy atom. The first-order valence-electron chi connectivity index (χ1n) is 5.42. The normalized spacial score (nSPS) is 13.9. The molecule has 4 heteroatoms. The summed E-state index contributed by atoms with van der Waals surface area (Å²) < 4.78 is 0. The van der Waals surface area contributed by atoms with Crippen LogP contribution in [0.15, 0.2) is 0 Å². The van der Waals surface area contributed by atoms with E-state index in [1.54, 1.807) is 0 Å². The van der Waals surface area contributed by atoms with Gasteiger partial charge in [-0.2, -0.15) is 0 Å². The van der Waals surface area contributed by atoms with Gasteiger partial charge in [0.05, 0.1) is 6.10 Å². The zero-order valence-corrected chi connectivity index (χ0v) is 9.92. The number of rotatable bonds is 7. The summed E-state index contributed by atoms with van der Waals surface area (Å²) in [4.78, 5) is 10.2. The molecule has 0 saturated heterocycles. The molecule has 0 aliphatic heterocycles. The number of carbonyl (C=O) groups is 1. The third-order valence-corrected chi connectivity index (χ3v) is 2.12. The molecule has 0 bridgehead atoms. The number of aliphatic hydroxyl groups is 1. The molecule has 0 aliphatic carbocycles. The predicted octanol–water partition coefficient (Wildman–Crippen LogP) is 1.24. The van der Waals surface area contributed by atoms with Crippen molar-refractivity contribution >= 4 is 5.97 Å². The van der Waals surface area contributed by atoms with Crippen molar-refractivity contribution in [3.63, 3.8) is 0 Å². The molecular weight excluding hydrogens is 194 g/mol. The zero-order valence-electron chi connectivity index (χ0n) is 9.92. The molecule has 0 amide bonds. The van der Waals surface area contributed by atoms with Gasteiger partial charge in [-0.25, -0.2) is 0 Å². The summed E-state index contributed by atoms with van der Waals surface area (Å²) in [7, 11) is 0. The largest absolute Gasteiger partial charge is 0.481 e. The molecule has 3 N–H and O–H groups in total. The van der Waals surface area contributed by atoms with Crippen LogP contribution in [0.1, 0.15) is 40.0 Å². The number of aliphatic hydroxyl groups excluding tert-OH is 1. The Bertz CT molecular complexity index is 187. The molecule has 0 spiro atoms. The second-order valence-electron chi connectivity index (χ2n) is 5.10. The molecule has 0 heterocycles. The number of nitrogens with one attached hydrogen (secondary N) is 1. The lowest BCUT2D eigenvalue weighted by atomic mass is 9.92. The third kappa shape index (κ3) is 11.3. The van der Waals surface area contributed by atoms with E-state index in [-0.39, 0.29) is 6.42 Å². The molecule has 0 aromatic rings. The first-order valence-corrected chi connectivity index (χ1v) is 5.42. The first-order chi connectivity index (χ1) is 6.81. The summed E-state index contributed by atoms with van der Waals surface area (Å²) in [5.74, 6) is -0.858. The number of hydrogen-bond acceptors (Lipinski definition) is 3. The highest BCUT2D eigenvalue weighted by Gasteiger charge is 2.10. The van der Waals surface area contributed by atoms with Crippen LogP contribution in [-0.2, 0) is 4.79 Å². The lowest BCUT2D eigenvalue weighted by Crippen LogP contribution is -2.29. The highest BCUT2D eigenvalue weighted by Crippen LogP contribution is 2.16. The monoisotopic (exact) mass is 217 g/mol. The van der Waals surface area contributed by atoms with Gasteiger partial charge in [-0.15, -0.1) is 0 Å². The summed E-state index contributed by atoms with van der Waals surface area (Å²) in [6, 6.07) is 0. The summed E-state index contributed by atoms with van der Waals surface area (Å²) in [5, 5.41) is 20.9. The molecule has 1 unspecified atom stereocenters. The number of carboxylic acid groups (broad SMARTS) is 1. The van der Waals surface area contributed by atoms with Crippen molar-refractivity contribution in [3.8, 4) is 0 Å². The standard InChI is InChI=1S/C11H23NO3/c1-11(2,3)6-7-12-8-9(13)4-5-10(14)15/h9,12-13H,4-8H2,1-3H3,(H,14,15). The fraction of sp³-hybridized carbons (Fsp3) is 0.909. The van der Waals surface area contributed by atoms with Crippen LogP contribution in [0.25, 0.3) is 0 Å². The molecule has 4 nitrogen and oxygen atoms in total. The maximum atomic E-state index is 10.2. The Hall–Kier alpha value is -0.610. The van der Waals surface area contributed by atoms with Crippen LogP contribution < -0.4 is 5.32 Å². The Labute approximate surface area is 91.7 Å². The van der Waals surface area contributed by atoms with Crippen molar-refractivity contribution in [2.45, 2.75) is 46.1 Å². The third-order valence-electron chi connectivity index (χ3n) is 2.12. The van der Waals surface area contributed by atoms with E-state index in [1.807, 2.05) is 0 Å². The van der Waals surface area contributed by atoms with Crippen molar-refractivity contribution < 1.29 is 15.0 Å². The van der Waals surface area contributed by atoms with E-state index in [4.69, 9.17) is 5.11 Å². The summed E-state index contributed by atoms with van der Waals surface area (Å²) >= 11 is 0. The van der Waals surface area contributed by atoms with Crippen molar-refractivity contribution in [1.29, 1.82) is 0 Å². The highest BCUT2D eigenvalue weighted by atomic mass is 16.4. The van der Waals surface area contributed by atoms with Gasteiger partial charge in [0.1, 0.15) is 0 Å². The van der Waals surface area contributed by atoms with Crippen molar-refractivity contribution in [3.05, 3.63) is 0 Å². The van der Waals surface area contributed by atoms with E-state index in [0.717, 1.165) is 13.0 Å². The molecule has 0 aliphatic rings. The molecule has 90 valence electrons.